The van der Waals surface area contributed by atoms with Crippen molar-refractivity contribution in [1.82, 2.24) is 9.69 Å². The second kappa shape index (κ2) is 10.1. The summed E-state index contributed by atoms with van der Waals surface area (Å²) in [7, 11) is 0. The van der Waals surface area contributed by atoms with Crippen molar-refractivity contribution in [3.63, 3.8) is 0 Å². The predicted octanol–water partition coefficient (Wildman–Crippen LogP) is 3.68. The first kappa shape index (κ1) is 25.3. The SMILES string of the molecule is CCCC(C(=O)NC(C)(C)C)N(C(=O)c1snc(C(N)=O)c1N)c1ccc(C(C)C)cc1. The number of amides is 3. The van der Waals surface area contributed by atoms with E-state index in [1.54, 1.807) is 0 Å². The van der Waals surface area contributed by atoms with Crippen LogP contribution >= 0.6 is 11.5 Å². The molecule has 0 bridgehead atoms. The summed E-state index contributed by atoms with van der Waals surface area (Å²) in [6.45, 7) is 11.8. The van der Waals surface area contributed by atoms with Crippen LogP contribution in [0.15, 0.2) is 24.3 Å². The number of carbonyl (C=O) groups excluding carboxylic acids is 3. The molecule has 0 aliphatic heterocycles. The lowest BCUT2D eigenvalue weighted by Gasteiger charge is -2.33. The topological polar surface area (TPSA) is 131 Å². The molecule has 0 fully saturated rings. The van der Waals surface area contributed by atoms with Crippen molar-refractivity contribution in [2.24, 2.45) is 5.73 Å². The van der Waals surface area contributed by atoms with Gasteiger partial charge in [-0.25, -0.2) is 0 Å². The maximum Gasteiger partial charge on any atom is 0.272 e. The van der Waals surface area contributed by atoms with Crippen molar-refractivity contribution in [2.45, 2.75) is 71.9 Å². The predicted molar refractivity (Wildman–Crippen MR) is 129 cm³/mol. The molecule has 0 spiro atoms. The average Bonchev–Trinajstić information content (AvgIpc) is 3.08. The molecule has 9 heteroatoms. The molecular formula is C23H33N5O3S. The molecule has 1 aromatic heterocycles. The molecule has 1 unspecified atom stereocenters. The molecule has 0 saturated carbocycles. The van der Waals surface area contributed by atoms with Gasteiger partial charge in [0.25, 0.3) is 11.8 Å². The van der Waals surface area contributed by atoms with E-state index in [-0.39, 0.29) is 22.2 Å². The summed E-state index contributed by atoms with van der Waals surface area (Å²) in [6, 6.07) is 6.76. The average molecular weight is 460 g/mol. The number of carbonyl (C=O) groups is 3. The minimum absolute atomic E-state index is 0.0669. The number of benzene rings is 1. The maximum absolute atomic E-state index is 13.7. The molecule has 2 rings (SSSR count). The summed E-state index contributed by atoms with van der Waals surface area (Å²) in [4.78, 5) is 40.1. The highest BCUT2D eigenvalue weighted by Crippen LogP contribution is 2.30. The lowest BCUT2D eigenvalue weighted by molar-refractivity contribution is -0.123. The van der Waals surface area contributed by atoms with E-state index in [1.165, 1.54) is 4.90 Å². The molecule has 1 heterocycles. The summed E-state index contributed by atoms with van der Waals surface area (Å²) in [5.74, 6) is -1.24. The number of hydrogen-bond donors (Lipinski definition) is 3. The number of rotatable bonds is 8. The monoisotopic (exact) mass is 459 g/mol. The molecular weight excluding hydrogens is 426 g/mol. The van der Waals surface area contributed by atoms with E-state index >= 15 is 0 Å². The van der Waals surface area contributed by atoms with Crippen molar-refractivity contribution >= 4 is 40.6 Å². The van der Waals surface area contributed by atoms with Gasteiger partial charge in [0.15, 0.2) is 5.69 Å². The van der Waals surface area contributed by atoms with Gasteiger partial charge < -0.3 is 16.8 Å². The van der Waals surface area contributed by atoms with E-state index in [0.717, 1.165) is 17.1 Å². The van der Waals surface area contributed by atoms with Crippen LogP contribution in [0.4, 0.5) is 11.4 Å². The van der Waals surface area contributed by atoms with Crippen LogP contribution in [-0.4, -0.2) is 33.7 Å². The zero-order valence-corrected chi connectivity index (χ0v) is 20.4. The summed E-state index contributed by atoms with van der Waals surface area (Å²) in [6.07, 6.45) is 1.13. The van der Waals surface area contributed by atoms with Crippen LogP contribution in [0.2, 0.25) is 0 Å². The fraction of sp³-hybridized carbons (Fsp3) is 0.478. The van der Waals surface area contributed by atoms with Crippen LogP contribution in [0, 0.1) is 0 Å². The number of nitrogens with zero attached hydrogens (tertiary/aromatic N) is 2. The number of primary amides is 1. The summed E-state index contributed by atoms with van der Waals surface area (Å²) >= 11 is 0.805. The van der Waals surface area contributed by atoms with Crippen LogP contribution in [-0.2, 0) is 4.79 Å². The Morgan fingerprint density at radius 3 is 2.19 bits per heavy atom. The third kappa shape index (κ3) is 5.85. The number of aromatic nitrogens is 1. The first-order valence-electron chi connectivity index (χ1n) is 10.7. The Hall–Kier alpha value is -2.94. The Labute approximate surface area is 193 Å². The summed E-state index contributed by atoms with van der Waals surface area (Å²) in [5.41, 5.74) is 12.4. The van der Waals surface area contributed by atoms with Gasteiger partial charge in [-0.15, -0.1) is 0 Å². The summed E-state index contributed by atoms with van der Waals surface area (Å²) in [5, 5.41) is 2.98. The van der Waals surface area contributed by atoms with Crippen molar-refractivity contribution in [2.75, 3.05) is 10.6 Å². The third-order valence-electron chi connectivity index (χ3n) is 4.89. The van der Waals surface area contributed by atoms with Crippen molar-refractivity contribution in [1.29, 1.82) is 0 Å². The quantitative estimate of drug-likeness (QED) is 0.554. The molecule has 174 valence electrons. The third-order valence-corrected chi connectivity index (χ3v) is 5.74. The number of nitrogens with one attached hydrogen (secondary N) is 1. The van der Waals surface area contributed by atoms with Crippen molar-refractivity contribution in [3.8, 4) is 0 Å². The standard InChI is InChI=1S/C23H33N5O3S/c1-7-8-16(21(30)26-23(4,5)6)28(15-11-9-14(10-12-15)13(2)3)22(31)19-17(24)18(20(25)29)27-32-19/h9-13,16H,7-8,24H2,1-6H3,(H2,25,29)(H,26,30). The van der Waals surface area contributed by atoms with Gasteiger partial charge in [0.2, 0.25) is 5.91 Å². The minimum atomic E-state index is -0.804. The molecule has 0 aliphatic rings. The molecule has 0 aliphatic carbocycles. The fourth-order valence-corrected chi connectivity index (χ4v) is 4.04. The molecule has 8 nitrogen and oxygen atoms in total. The Balaban J connectivity index is 2.60. The van der Waals surface area contributed by atoms with E-state index in [2.05, 4.69) is 23.5 Å². The zero-order chi connectivity index (χ0) is 24.2. The Morgan fingerprint density at radius 1 is 1.16 bits per heavy atom. The van der Waals surface area contributed by atoms with Gasteiger partial charge in [-0.2, -0.15) is 4.37 Å². The highest BCUT2D eigenvalue weighted by molar-refractivity contribution is 7.09. The van der Waals surface area contributed by atoms with Gasteiger partial charge in [0.1, 0.15) is 10.9 Å². The smallest absolute Gasteiger partial charge is 0.272 e. The Kier molecular flexibility index (Phi) is 8.01. The second-order valence-electron chi connectivity index (χ2n) is 9.10. The van der Waals surface area contributed by atoms with Crippen LogP contribution in [0.25, 0.3) is 0 Å². The van der Waals surface area contributed by atoms with Crippen LogP contribution in [0.1, 0.15) is 86.0 Å². The first-order chi connectivity index (χ1) is 14.9. The van der Waals surface area contributed by atoms with Gasteiger partial charge in [-0.3, -0.25) is 19.3 Å². The van der Waals surface area contributed by atoms with E-state index < -0.39 is 23.4 Å². The normalized spacial score (nSPS) is 12.5. The number of nitrogens with two attached hydrogens (primary N) is 2. The molecule has 3 amide bonds. The van der Waals surface area contributed by atoms with E-state index in [0.29, 0.717) is 24.4 Å². The van der Waals surface area contributed by atoms with Crippen LogP contribution in [0.3, 0.4) is 0 Å². The van der Waals surface area contributed by atoms with Crippen LogP contribution < -0.4 is 21.7 Å². The zero-order valence-electron chi connectivity index (χ0n) is 19.6. The molecule has 0 radical (unpaired) electrons. The van der Waals surface area contributed by atoms with Gasteiger partial charge in [-0.05, 0) is 62.3 Å². The molecule has 0 saturated heterocycles. The van der Waals surface area contributed by atoms with Gasteiger partial charge >= 0.3 is 0 Å². The minimum Gasteiger partial charge on any atom is -0.395 e. The van der Waals surface area contributed by atoms with Gasteiger partial charge in [0, 0.05) is 11.2 Å². The number of nitrogen functional groups attached to an aromatic ring is 1. The maximum atomic E-state index is 13.7. The lowest BCUT2D eigenvalue weighted by Crippen LogP contribution is -2.54. The highest BCUT2D eigenvalue weighted by atomic mass is 32.1. The molecule has 2 aromatic rings. The molecule has 1 aromatic carbocycles. The molecule has 32 heavy (non-hydrogen) atoms. The second-order valence-corrected chi connectivity index (χ2v) is 9.88. The Morgan fingerprint density at radius 2 is 1.75 bits per heavy atom. The van der Waals surface area contributed by atoms with Crippen molar-refractivity contribution < 1.29 is 14.4 Å². The number of anilines is 2. The lowest BCUT2D eigenvalue weighted by atomic mass is 10.0. The number of hydrogen-bond acceptors (Lipinski definition) is 6. The molecule has 5 N–H and O–H groups in total. The van der Waals surface area contributed by atoms with Crippen molar-refractivity contribution in [3.05, 3.63) is 40.4 Å². The van der Waals surface area contributed by atoms with Crippen LogP contribution in [0.5, 0.6) is 0 Å². The highest BCUT2D eigenvalue weighted by Gasteiger charge is 2.35. The van der Waals surface area contributed by atoms with Gasteiger partial charge in [-0.1, -0.05) is 39.3 Å². The fourth-order valence-electron chi connectivity index (χ4n) is 3.30. The largest absolute Gasteiger partial charge is 0.395 e. The van der Waals surface area contributed by atoms with E-state index in [1.807, 2.05) is 52.0 Å². The van der Waals surface area contributed by atoms with Gasteiger partial charge in [0.05, 0.1) is 5.69 Å². The first-order valence-corrected chi connectivity index (χ1v) is 11.4. The Bertz CT molecular complexity index is 977. The molecule has 1 atom stereocenters. The van der Waals surface area contributed by atoms with E-state index in [4.69, 9.17) is 11.5 Å². The summed E-state index contributed by atoms with van der Waals surface area (Å²) < 4.78 is 3.95. The van der Waals surface area contributed by atoms with E-state index in [9.17, 15) is 14.4 Å².